The fourth-order valence-electron chi connectivity index (χ4n) is 2.97. The van der Waals surface area contributed by atoms with Crippen LogP contribution >= 0.6 is 0 Å². The number of hydrogen-bond donors (Lipinski definition) is 0. The third kappa shape index (κ3) is 3.97. The van der Waals surface area contributed by atoms with Gasteiger partial charge in [0.2, 0.25) is 5.78 Å². The first-order valence-corrected chi connectivity index (χ1v) is 9.05. The number of ether oxygens (including phenoxy) is 3. The smallest absolute Gasteiger partial charge is 0.415 e. The normalized spacial score (nSPS) is 17.6. The zero-order valence-electron chi connectivity index (χ0n) is 15.2. The number of carbonyl (C=O) groups excluding carboxylic acids is 2. The van der Waals surface area contributed by atoms with Gasteiger partial charge < -0.3 is 19.1 Å². The number of morpholine rings is 1. The van der Waals surface area contributed by atoms with Crippen LogP contribution in [0.25, 0.3) is 6.08 Å². The molecule has 0 atom stereocenters. The maximum absolute atomic E-state index is 12.5. The Morgan fingerprint density at radius 1 is 1.07 bits per heavy atom. The van der Waals surface area contributed by atoms with E-state index in [-0.39, 0.29) is 11.5 Å². The van der Waals surface area contributed by atoms with Crippen LogP contribution < -0.4 is 9.47 Å². The van der Waals surface area contributed by atoms with Crippen molar-refractivity contribution in [2.75, 3.05) is 26.3 Å². The summed E-state index contributed by atoms with van der Waals surface area (Å²) in [6, 6.07) is 14.5. The van der Waals surface area contributed by atoms with Crippen LogP contribution in [-0.4, -0.2) is 43.1 Å². The van der Waals surface area contributed by atoms with Gasteiger partial charge in [0.15, 0.2) is 5.76 Å². The van der Waals surface area contributed by atoms with E-state index in [1.165, 1.54) is 0 Å². The molecule has 0 unspecified atom stereocenters. The molecule has 2 aromatic rings. The molecule has 2 aromatic carbocycles. The number of Topliss-reactive ketones (excluding diaryl/α,β-unsaturated/α-hetero) is 1. The molecule has 0 aromatic heterocycles. The number of carbonyl (C=O) groups is 2. The summed E-state index contributed by atoms with van der Waals surface area (Å²) < 4.78 is 16.3. The van der Waals surface area contributed by atoms with Gasteiger partial charge in [-0.25, -0.2) is 4.79 Å². The molecule has 1 saturated heterocycles. The lowest BCUT2D eigenvalue weighted by molar-refractivity contribution is 0.0416. The highest BCUT2D eigenvalue weighted by atomic mass is 16.6. The SMILES string of the molecule is O=C1C(=CC=Cc2ccccc2)Oc2cc(OC(=O)N3CCOCC3)ccc21. The Labute approximate surface area is 162 Å². The minimum atomic E-state index is -0.436. The van der Waals surface area contributed by atoms with Crippen molar-refractivity contribution in [3.8, 4) is 11.5 Å². The lowest BCUT2D eigenvalue weighted by Crippen LogP contribution is -2.42. The van der Waals surface area contributed by atoms with Crippen molar-refractivity contribution in [1.29, 1.82) is 0 Å². The second-order valence-electron chi connectivity index (χ2n) is 6.36. The summed E-state index contributed by atoms with van der Waals surface area (Å²) in [7, 11) is 0. The Hall–Kier alpha value is -3.38. The lowest BCUT2D eigenvalue weighted by Gasteiger charge is -2.25. The summed E-state index contributed by atoms with van der Waals surface area (Å²) in [5.41, 5.74) is 1.48. The molecule has 2 heterocycles. The largest absolute Gasteiger partial charge is 0.452 e. The van der Waals surface area contributed by atoms with Gasteiger partial charge in [0, 0.05) is 19.2 Å². The topological polar surface area (TPSA) is 65.1 Å². The molecule has 6 heteroatoms. The highest BCUT2D eigenvalue weighted by molar-refractivity contribution is 6.12. The third-order valence-electron chi connectivity index (χ3n) is 4.45. The Balaban J connectivity index is 1.44. The van der Waals surface area contributed by atoms with E-state index in [1.807, 2.05) is 36.4 Å². The van der Waals surface area contributed by atoms with Crippen LogP contribution in [-0.2, 0) is 4.74 Å². The Kier molecular flexibility index (Phi) is 5.21. The van der Waals surface area contributed by atoms with Gasteiger partial charge in [0.1, 0.15) is 11.5 Å². The van der Waals surface area contributed by atoms with E-state index in [9.17, 15) is 9.59 Å². The minimum Gasteiger partial charge on any atom is -0.452 e. The summed E-state index contributed by atoms with van der Waals surface area (Å²) in [6.45, 7) is 2.00. The fourth-order valence-corrected chi connectivity index (χ4v) is 2.97. The molecule has 2 aliphatic rings. The van der Waals surface area contributed by atoms with E-state index < -0.39 is 6.09 Å². The number of fused-ring (bicyclic) bond motifs is 1. The molecule has 0 aliphatic carbocycles. The molecule has 1 amide bonds. The van der Waals surface area contributed by atoms with E-state index in [0.29, 0.717) is 43.4 Å². The number of benzene rings is 2. The van der Waals surface area contributed by atoms with E-state index in [2.05, 4.69) is 0 Å². The van der Waals surface area contributed by atoms with Crippen molar-refractivity contribution in [3.63, 3.8) is 0 Å². The average Bonchev–Trinajstić information content (AvgIpc) is 3.04. The lowest BCUT2D eigenvalue weighted by atomic mass is 10.1. The molecule has 0 bridgehead atoms. The van der Waals surface area contributed by atoms with Crippen LogP contribution in [0.4, 0.5) is 4.79 Å². The van der Waals surface area contributed by atoms with Crippen molar-refractivity contribution in [3.05, 3.63) is 77.6 Å². The van der Waals surface area contributed by atoms with Gasteiger partial charge in [-0.2, -0.15) is 0 Å². The van der Waals surface area contributed by atoms with Crippen molar-refractivity contribution >= 4 is 18.0 Å². The molecule has 4 rings (SSSR count). The van der Waals surface area contributed by atoms with Gasteiger partial charge in [0.25, 0.3) is 0 Å². The Morgan fingerprint density at radius 2 is 1.86 bits per heavy atom. The van der Waals surface area contributed by atoms with Crippen molar-refractivity contribution in [2.24, 2.45) is 0 Å². The summed E-state index contributed by atoms with van der Waals surface area (Å²) in [5, 5.41) is 0. The number of nitrogens with zero attached hydrogens (tertiary/aromatic N) is 1. The minimum absolute atomic E-state index is 0.196. The van der Waals surface area contributed by atoms with Gasteiger partial charge in [-0.15, -0.1) is 0 Å². The molecule has 0 saturated carbocycles. The molecular formula is C22H19NO5. The second kappa shape index (κ2) is 8.10. The van der Waals surface area contributed by atoms with E-state index in [1.54, 1.807) is 35.3 Å². The van der Waals surface area contributed by atoms with E-state index in [4.69, 9.17) is 14.2 Å². The van der Waals surface area contributed by atoms with Gasteiger partial charge in [-0.1, -0.05) is 42.5 Å². The molecule has 2 aliphatic heterocycles. The monoisotopic (exact) mass is 377 g/mol. The van der Waals surface area contributed by atoms with E-state index >= 15 is 0 Å². The third-order valence-corrected chi connectivity index (χ3v) is 4.45. The number of allylic oxidation sites excluding steroid dienone is 3. The first-order chi connectivity index (χ1) is 13.7. The highest BCUT2D eigenvalue weighted by Crippen LogP contribution is 2.34. The zero-order valence-corrected chi connectivity index (χ0v) is 15.2. The van der Waals surface area contributed by atoms with Gasteiger partial charge in [0.05, 0.1) is 18.8 Å². The number of ketones is 1. The summed E-state index contributed by atoms with van der Waals surface area (Å²) in [5.74, 6) is 0.762. The van der Waals surface area contributed by atoms with Crippen LogP contribution in [0.3, 0.4) is 0 Å². The summed E-state index contributed by atoms with van der Waals surface area (Å²) in [6.07, 6.45) is 4.86. The molecule has 142 valence electrons. The zero-order chi connectivity index (χ0) is 19.3. The first-order valence-electron chi connectivity index (χ1n) is 9.05. The van der Waals surface area contributed by atoms with Gasteiger partial charge in [-0.05, 0) is 23.8 Å². The quantitative estimate of drug-likeness (QED) is 0.764. The maximum atomic E-state index is 12.5. The average molecular weight is 377 g/mol. The van der Waals surface area contributed by atoms with Crippen LogP contribution in [0.5, 0.6) is 11.5 Å². The van der Waals surface area contributed by atoms with Crippen LogP contribution in [0.15, 0.2) is 66.4 Å². The molecule has 28 heavy (non-hydrogen) atoms. The first kappa shape index (κ1) is 18.0. The van der Waals surface area contributed by atoms with Crippen LogP contribution in [0.2, 0.25) is 0 Å². The predicted octanol–water partition coefficient (Wildman–Crippen LogP) is 3.69. The number of amides is 1. The predicted molar refractivity (Wildman–Crippen MR) is 103 cm³/mol. The maximum Gasteiger partial charge on any atom is 0.415 e. The van der Waals surface area contributed by atoms with Crippen LogP contribution in [0, 0.1) is 0 Å². The Bertz CT molecular complexity index is 943. The van der Waals surface area contributed by atoms with Crippen LogP contribution in [0.1, 0.15) is 15.9 Å². The van der Waals surface area contributed by atoms with Crippen molar-refractivity contribution < 1.29 is 23.8 Å². The van der Waals surface area contributed by atoms with Crippen molar-refractivity contribution in [1.82, 2.24) is 4.90 Å². The molecule has 1 fully saturated rings. The standard InChI is InChI=1S/C22H19NO5/c24-21-18-10-9-17(27-22(25)23-11-13-26-14-12-23)15-20(18)28-19(21)8-4-7-16-5-2-1-3-6-16/h1-10,15H,11-14H2. The second-order valence-corrected chi connectivity index (χ2v) is 6.36. The molecule has 6 nitrogen and oxygen atoms in total. The number of hydrogen-bond acceptors (Lipinski definition) is 5. The van der Waals surface area contributed by atoms with Gasteiger partial charge >= 0.3 is 6.09 Å². The molecule has 0 radical (unpaired) electrons. The molecule has 0 N–H and O–H groups in total. The molecular weight excluding hydrogens is 358 g/mol. The Morgan fingerprint density at radius 3 is 2.64 bits per heavy atom. The fraction of sp³-hybridized carbons (Fsp3) is 0.182. The molecule has 0 spiro atoms. The van der Waals surface area contributed by atoms with Gasteiger partial charge in [-0.3, -0.25) is 4.79 Å². The number of rotatable bonds is 3. The van der Waals surface area contributed by atoms with Crippen molar-refractivity contribution in [2.45, 2.75) is 0 Å². The summed E-state index contributed by atoms with van der Waals surface area (Å²) in [4.78, 5) is 26.2. The highest BCUT2D eigenvalue weighted by Gasteiger charge is 2.28. The van der Waals surface area contributed by atoms with E-state index in [0.717, 1.165) is 5.56 Å². The summed E-state index contributed by atoms with van der Waals surface area (Å²) >= 11 is 0.